The summed E-state index contributed by atoms with van der Waals surface area (Å²) in [6.45, 7) is -0.262. The third-order valence-electron chi connectivity index (χ3n) is 3.00. The number of anilines is 1. The Morgan fingerprint density at radius 1 is 1.35 bits per heavy atom. The Kier molecular flexibility index (Phi) is 3.80. The van der Waals surface area contributed by atoms with Gasteiger partial charge in [0.25, 0.3) is 0 Å². The van der Waals surface area contributed by atoms with Crippen molar-refractivity contribution in [3.63, 3.8) is 0 Å². The van der Waals surface area contributed by atoms with E-state index in [1.165, 1.54) is 26.4 Å². The molecule has 0 aliphatic carbocycles. The maximum absolute atomic E-state index is 13.0. The predicted octanol–water partition coefficient (Wildman–Crippen LogP) is 0.503. The molecule has 0 N–H and O–H groups in total. The maximum atomic E-state index is 13.0. The van der Waals surface area contributed by atoms with Crippen molar-refractivity contribution >= 4 is 21.8 Å². The number of carbonyl (C=O) groups excluding carboxylic acids is 1. The van der Waals surface area contributed by atoms with Gasteiger partial charge in [-0.25, -0.2) is 0 Å². The molecule has 2 rings (SSSR count). The van der Waals surface area contributed by atoms with Crippen LogP contribution in [0.3, 0.4) is 0 Å². The van der Waals surface area contributed by atoms with E-state index in [1.54, 1.807) is 0 Å². The highest BCUT2D eigenvalue weighted by atomic mass is 32.3. The first-order chi connectivity index (χ1) is 9.36. The number of methoxy groups -OCH3 is 2. The van der Waals surface area contributed by atoms with Crippen LogP contribution < -0.4 is 14.4 Å². The molecule has 2 heterocycles. The van der Waals surface area contributed by atoms with Crippen LogP contribution in [0.25, 0.3) is 0 Å². The van der Waals surface area contributed by atoms with Crippen LogP contribution in [0, 0.1) is 0 Å². The summed E-state index contributed by atoms with van der Waals surface area (Å²) >= 11 is 0. The average molecular weight is 304 g/mol. The Bertz CT molecular complexity index is 634. The Labute approximate surface area is 115 Å². The van der Waals surface area contributed by atoms with Crippen molar-refractivity contribution in [2.24, 2.45) is 0 Å². The predicted molar refractivity (Wildman–Crippen MR) is 68.1 cm³/mol. The molecule has 110 valence electrons. The molecule has 0 spiro atoms. The van der Waals surface area contributed by atoms with Crippen molar-refractivity contribution < 1.29 is 26.6 Å². The molecular weight excluding hydrogens is 291 g/mol. The Hall–Kier alpha value is -1.90. The van der Waals surface area contributed by atoms with Crippen LogP contribution in [-0.4, -0.2) is 45.3 Å². The summed E-state index contributed by atoms with van der Waals surface area (Å²) in [6, 6.07) is 3.01. The van der Waals surface area contributed by atoms with E-state index >= 15 is 0 Å². The minimum Gasteiger partial charge on any atom is -0.481 e. The van der Waals surface area contributed by atoms with E-state index in [4.69, 9.17) is 9.47 Å². The molecule has 0 bridgehead atoms. The molecule has 1 fully saturated rings. The van der Waals surface area contributed by atoms with Gasteiger partial charge in [-0.2, -0.15) is 13.4 Å². The Balaban J connectivity index is 2.35. The van der Waals surface area contributed by atoms with Gasteiger partial charge in [-0.1, -0.05) is 0 Å². The number of halogens is 1. The van der Waals surface area contributed by atoms with Crippen LogP contribution in [0.1, 0.15) is 6.42 Å². The number of pyridine rings is 1. The fourth-order valence-electron chi connectivity index (χ4n) is 1.98. The Morgan fingerprint density at radius 2 is 2.05 bits per heavy atom. The third-order valence-corrected chi connectivity index (χ3v) is 4.11. The highest BCUT2D eigenvalue weighted by Crippen LogP contribution is 2.33. The molecule has 0 radical (unpaired) electrons. The molecular formula is C11H13FN2O5S. The second-order valence-corrected chi connectivity index (χ2v) is 5.81. The summed E-state index contributed by atoms with van der Waals surface area (Å²) in [6.07, 6.45) is -0.395. The molecule has 1 saturated heterocycles. The van der Waals surface area contributed by atoms with E-state index in [1.807, 2.05) is 0 Å². The molecule has 1 aliphatic heterocycles. The van der Waals surface area contributed by atoms with E-state index in [2.05, 4.69) is 4.98 Å². The number of ether oxygens (including phenoxy) is 2. The van der Waals surface area contributed by atoms with Crippen molar-refractivity contribution in [3.8, 4) is 11.8 Å². The largest absolute Gasteiger partial charge is 0.481 e. The van der Waals surface area contributed by atoms with E-state index < -0.39 is 27.8 Å². The van der Waals surface area contributed by atoms with Crippen molar-refractivity contribution in [1.29, 1.82) is 0 Å². The lowest BCUT2D eigenvalue weighted by Gasteiger charge is -2.18. The quantitative estimate of drug-likeness (QED) is 0.753. The number of hydrogen-bond donors (Lipinski definition) is 0. The fraction of sp³-hybridized carbons (Fsp3) is 0.455. The fourth-order valence-corrected chi connectivity index (χ4v) is 2.65. The number of aromatic nitrogens is 1. The standard InChI is InChI=1S/C11H13FN2O5S/c1-18-9-4-3-8(11(13-9)19-2)14-6-7(5-10(14)15)20(12,16)17/h3-4,7H,5-6H2,1-2H3. The van der Waals surface area contributed by atoms with Gasteiger partial charge in [0, 0.05) is 19.0 Å². The van der Waals surface area contributed by atoms with Crippen LogP contribution in [0.4, 0.5) is 9.57 Å². The molecule has 1 amide bonds. The smallest absolute Gasteiger partial charge is 0.307 e. The number of hydrogen-bond acceptors (Lipinski definition) is 6. The van der Waals surface area contributed by atoms with E-state index in [0.29, 0.717) is 0 Å². The Morgan fingerprint density at radius 3 is 2.55 bits per heavy atom. The lowest BCUT2D eigenvalue weighted by molar-refractivity contribution is -0.117. The first-order valence-corrected chi connectivity index (χ1v) is 7.14. The van der Waals surface area contributed by atoms with Gasteiger partial charge in [0.05, 0.1) is 14.2 Å². The number of carbonyl (C=O) groups is 1. The van der Waals surface area contributed by atoms with Crippen LogP contribution in [0.2, 0.25) is 0 Å². The normalized spacial score (nSPS) is 19.2. The summed E-state index contributed by atoms with van der Waals surface area (Å²) < 4.78 is 44.7. The van der Waals surface area contributed by atoms with Crippen LogP contribution in [-0.2, 0) is 15.0 Å². The summed E-state index contributed by atoms with van der Waals surface area (Å²) in [5, 5.41) is -1.36. The van der Waals surface area contributed by atoms with Gasteiger partial charge in [-0.3, -0.25) is 4.79 Å². The molecule has 1 aromatic rings. The maximum Gasteiger partial charge on any atom is 0.307 e. The van der Waals surface area contributed by atoms with Crippen LogP contribution >= 0.6 is 0 Å². The summed E-state index contributed by atoms with van der Waals surface area (Å²) in [7, 11) is -1.98. The topological polar surface area (TPSA) is 85.8 Å². The van der Waals surface area contributed by atoms with Gasteiger partial charge in [0.1, 0.15) is 10.9 Å². The number of rotatable bonds is 4. The van der Waals surface area contributed by atoms with Crippen molar-refractivity contribution in [2.45, 2.75) is 11.7 Å². The van der Waals surface area contributed by atoms with Gasteiger partial charge in [-0.05, 0) is 6.07 Å². The zero-order chi connectivity index (χ0) is 14.9. The molecule has 1 aliphatic rings. The second-order valence-electron chi connectivity index (χ2n) is 4.19. The van der Waals surface area contributed by atoms with Gasteiger partial charge in [0.15, 0.2) is 0 Å². The molecule has 1 aromatic heterocycles. The van der Waals surface area contributed by atoms with Gasteiger partial charge in [-0.15, -0.1) is 3.89 Å². The zero-order valence-electron chi connectivity index (χ0n) is 10.9. The first kappa shape index (κ1) is 14.5. The average Bonchev–Trinajstić information content (AvgIpc) is 2.80. The van der Waals surface area contributed by atoms with Gasteiger partial charge >= 0.3 is 10.2 Å². The van der Waals surface area contributed by atoms with E-state index in [0.717, 1.165) is 4.90 Å². The SMILES string of the molecule is COc1ccc(N2CC(S(=O)(=O)F)CC2=O)c(OC)n1. The van der Waals surface area contributed by atoms with Gasteiger partial charge < -0.3 is 14.4 Å². The second kappa shape index (κ2) is 5.23. The lowest BCUT2D eigenvalue weighted by atomic mass is 10.3. The third kappa shape index (κ3) is 2.67. The van der Waals surface area contributed by atoms with Crippen molar-refractivity contribution in [3.05, 3.63) is 12.1 Å². The van der Waals surface area contributed by atoms with Crippen molar-refractivity contribution in [1.82, 2.24) is 4.98 Å². The van der Waals surface area contributed by atoms with Crippen LogP contribution in [0.15, 0.2) is 12.1 Å². The van der Waals surface area contributed by atoms with Crippen LogP contribution in [0.5, 0.6) is 11.8 Å². The highest BCUT2D eigenvalue weighted by molar-refractivity contribution is 7.87. The number of nitrogens with zero attached hydrogens (tertiary/aromatic N) is 2. The molecule has 20 heavy (non-hydrogen) atoms. The first-order valence-electron chi connectivity index (χ1n) is 5.69. The number of amides is 1. The van der Waals surface area contributed by atoms with Crippen molar-refractivity contribution in [2.75, 3.05) is 25.7 Å². The van der Waals surface area contributed by atoms with Gasteiger partial charge in [0.2, 0.25) is 17.7 Å². The zero-order valence-corrected chi connectivity index (χ0v) is 11.7. The molecule has 9 heteroatoms. The summed E-state index contributed by atoms with van der Waals surface area (Å²) in [5.74, 6) is -0.108. The molecule has 1 unspecified atom stereocenters. The summed E-state index contributed by atoms with van der Waals surface area (Å²) in [5.41, 5.74) is 0.282. The highest BCUT2D eigenvalue weighted by Gasteiger charge is 2.40. The lowest BCUT2D eigenvalue weighted by Crippen LogP contribution is -2.27. The monoisotopic (exact) mass is 304 g/mol. The van der Waals surface area contributed by atoms with E-state index in [9.17, 15) is 17.1 Å². The minimum atomic E-state index is -4.76. The molecule has 0 aromatic carbocycles. The molecule has 1 atom stereocenters. The molecule has 0 saturated carbocycles. The molecule has 7 nitrogen and oxygen atoms in total. The minimum absolute atomic E-state index is 0.106. The van der Waals surface area contributed by atoms with E-state index in [-0.39, 0.29) is 24.0 Å². The summed E-state index contributed by atoms with van der Waals surface area (Å²) in [4.78, 5) is 17.0.